The van der Waals surface area contributed by atoms with E-state index in [-0.39, 0.29) is 36.1 Å². The molecule has 1 fully saturated rings. The standard InChI is InChI=1S/C22H37B2N2O16P3S2/c1-22(2,13-26-20(27)5-3-4-10-25-21(28)15-6-8-16(9-7-15)24(29)30)47-46-14-38-17-11-19(23)40-18(17)12-39-44(34,35)42-45(36,37)41-43(31,32)33/h6-9,17-19,29-30H,3-5,10-14H2,1-2H3,(H,25,28)(H,26,27)(H,34,35)(H,36,37)(H2,31,32,33)/t17?,18-,19-/m1/s1. The van der Waals surface area contributed by atoms with Gasteiger partial charge in [-0.2, -0.15) is 8.62 Å². The molecule has 3 unspecified atom stereocenters. The normalized spacial score (nSPS) is 21.1. The Morgan fingerprint density at radius 2 is 1.70 bits per heavy atom. The van der Waals surface area contributed by atoms with E-state index in [9.17, 15) is 33.1 Å². The van der Waals surface area contributed by atoms with Crippen LogP contribution in [-0.2, 0) is 41.1 Å². The predicted octanol–water partition coefficient (Wildman–Crippen LogP) is 0.512. The highest BCUT2D eigenvalue weighted by Crippen LogP contribution is 2.66. The van der Waals surface area contributed by atoms with Crippen molar-refractivity contribution >= 4 is 77.3 Å². The monoisotopic (exact) mass is 764 g/mol. The van der Waals surface area contributed by atoms with E-state index < -0.39 is 60.2 Å². The molecule has 0 saturated carbocycles. The smallest absolute Gasteiger partial charge is 0.423 e. The lowest BCUT2D eigenvalue weighted by molar-refractivity contribution is -0.121. The highest BCUT2D eigenvalue weighted by atomic mass is 33.1. The molecule has 264 valence electrons. The summed E-state index contributed by atoms with van der Waals surface area (Å²) in [5.41, 5.74) is 0.651. The molecular formula is C22H37B2N2O16P3S2. The predicted molar refractivity (Wildman–Crippen MR) is 173 cm³/mol. The largest absolute Gasteiger partial charge is 0.490 e. The summed E-state index contributed by atoms with van der Waals surface area (Å²) in [5.74, 6) is -0.343. The third-order valence-electron chi connectivity index (χ3n) is 5.96. The van der Waals surface area contributed by atoms with Gasteiger partial charge in [0.25, 0.3) is 5.91 Å². The Morgan fingerprint density at radius 1 is 1.04 bits per heavy atom. The van der Waals surface area contributed by atoms with E-state index in [2.05, 4.69) is 23.8 Å². The third-order valence-corrected chi connectivity index (χ3v) is 12.7. The van der Waals surface area contributed by atoms with Gasteiger partial charge >= 0.3 is 30.6 Å². The number of hydrogen-bond donors (Lipinski definition) is 8. The maximum absolute atomic E-state index is 12.3. The molecule has 2 rings (SSSR count). The zero-order chi connectivity index (χ0) is 35.5. The van der Waals surface area contributed by atoms with E-state index in [1.54, 1.807) is 0 Å². The second-order valence-electron chi connectivity index (χ2n) is 10.6. The number of phosphoric acid groups is 3. The van der Waals surface area contributed by atoms with E-state index in [1.807, 2.05) is 13.8 Å². The van der Waals surface area contributed by atoms with Crippen LogP contribution >= 0.6 is 45.1 Å². The fourth-order valence-corrected chi connectivity index (χ4v) is 8.99. The summed E-state index contributed by atoms with van der Waals surface area (Å²) in [5, 5.41) is 23.9. The summed E-state index contributed by atoms with van der Waals surface area (Å²) in [7, 11) is -9.60. The molecule has 8 N–H and O–H groups in total. The molecule has 0 bridgehead atoms. The van der Waals surface area contributed by atoms with Gasteiger partial charge in [-0.25, -0.2) is 13.7 Å². The fourth-order valence-electron chi connectivity index (χ4n) is 3.79. The first-order valence-corrected chi connectivity index (χ1v) is 20.6. The lowest BCUT2D eigenvalue weighted by Crippen LogP contribution is -2.36. The van der Waals surface area contributed by atoms with Gasteiger partial charge < -0.3 is 49.7 Å². The van der Waals surface area contributed by atoms with Gasteiger partial charge in [0.15, 0.2) is 0 Å². The van der Waals surface area contributed by atoms with Gasteiger partial charge in [0, 0.05) is 35.8 Å². The van der Waals surface area contributed by atoms with Crippen molar-refractivity contribution in [3.05, 3.63) is 29.8 Å². The molecule has 0 aliphatic carbocycles. The molecule has 2 radical (unpaired) electrons. The van der Waals surface area contributed by atoms with Crippen LogP contribution in [0.2, 0.25) is 0 Å². The maximum atomic E-state index is 12.3. The average molecular weight is 764 g/mol. The van der Waals surface area contributed by atoms with Crippen molar-refractivity contribution in [1.29, 1.82) is 0 Å². The summed E-state index contributed by atoms with van der Waals surface area (Å²) in [4.78, 5) is 60.6. The second-order valence-corrected chi connectivity index (χ2v) is 18.0. The minimum absolute atomic E-state index is 0.119. The van der Waals surface area contributed by atoms with Crippen LogP contribution in [0.5, 0.6) is 0 Å². The van der Waals surface area contributed by atoms with Crippen LogP contribution in [0.25, 0.3) is 0 Å². The highest BCUT2D eigenvalue weighted by Gasteiger charge is 2.42. The first-order valence-electron chi connectivity index (χ1n) is 13.8. The Labute approximate surface area is 280 Å². The van der Waals surface area contributed by atoms with Crippen LogP contribution in [0.1, 0.15) is 49.9 Å². The van der Waals surface area contributed by atoms with Gasteiger partial charge in [-0.3, -0.25) is 14.1 Å². The van der Waals surface area contributed by atoms with Gasteiger partial charge in [-0.15, -0.1) is 0 Å². The summed E-state index contributed by atoms with van der Waals surface area (Å²) in [6.07, 6.45) is -0.129. The lowest BCUT2D eigenvalue weighted by atomic mass is 9.80. The van der Waals surface area contributed by atoms with E-state index in [0.717, 1.165) is 0 Å². The molecule has 1 saturated heterocycles. The number of ether oxygens (including phenoxy) is 2. The molecule has 1 aromatic rings. The molecule has 1 aliphatic rings. The van der Waals surface area contributed by atoms with Gasteiger partial charge in [0.1, 0.15) is 19.9 Å². The molecule has 47 heavy (non-hydrogen) atoms. The van der Waals surface area contributed by atoms with Crippen LogP contribution in [0.4, 0.5) is 0 Å². The minimum Gasteiger partial charge on any atom is -0.423 e. The lowest BCUT2D eigenvalue weighted by Gasteiger charge is -2.25. The summed E-state index contributed by atoms with van der Waals surface area (Å²) in [6.45, 7) is 3.85. The van der Waals surface area contributed by atoms with Gasteiger partial charge in [0.05, 0.1) is 12.7 Å². The van der Waals surface area contributed by atoms with Gasteiger partial charge in [-0.05, 0) is 50.7 Å². The van der Waals surface area contributed by atoms with Crippen molar-refractivity contribution in [3.8, 4) is 0 Å². The third kappa shape index (κ3) is 17.6. The van der Waals surface area contributed by atoms with E-state index in [0.29, 0.717) is 31.5 Å². The van der Waals surface area contributed by atoms with Crippen molar-refractivity contribution < 1.29 is 75.5 Å². The SMILES string of the molecule is [B][C@H]1CC(OCSSC(C)(C)CNC(=O)CCCCNC(=O)c2ccc(B(O)O)cc2)[C@@H](COP(=O)(O)OP(=O)(O)OP(=O)(O)O)O1. The number of unbranched alkanes of at least 4 members (excludes halogenated alkanes) is 1. The number of carbonyl (C=O) groups excluding carboxylic acids is 2. The molecule has 1 aliphatic heterocycles. The number of carbonyl (C=O) groups is 2. The molecule has 25 heteroatoms. The summed E-state index contributed by atoms with van der Waals surface area (Å²) < 4.78 is 56.9. The zero-order valence-corrected chi connectivity index (χ0v) is 29.6. The van der Waals surface area contributed by atoms with Crippen molar-refractivity contribution in [3.63, 3.8) is 0 Å². The number of nitrogens with one attached hydrogen (secondary N) is 2. The molecule has 5 atom stereocenters. The number of amides is 2. The molecule has 2 amide bonds. The Bertz CT molecular complexity index is 1330. The maximum Gasteiger partial charge on any atom is 0.490 e. The van der Waals surface area contributed by atoms with E-state index in [1.165, 1.54) is 45.9 Å². The molecule has 18 nitrogen and oxygen atoms in total. The van der Waals surface area contributed by atoms with Crippen LogP contribution < -0.4 is 16.1 Å². The van der Waals surface area contributed by atoms with Crippen molar-refractivity contribution in [1.82, 2.24) is 10.6 Å². The van der Waals surface area contributed by atoms with E-state index >= 15 is 0 Å². The Hall–Kier alpha value is -0.760. The topological polar surface area (TPSA) is 277 Å². The highest BCUT2D eigenvalue weighted by molar-refractivity contribution is 8.77. The summed E-state index contributed by atoms with van der Waals surface area (Å²) in [6, 6.07) is 5.06. The summed E-state index contributed by atoms with van der Waals surface area (Å²) >= 11 is 0. The number of benzene rings is 1. The Morgan fingerprint density at radius 3 is 2.32 bits per heavy atom. The Kier molecular flexibility index (Phi) is 17.2. The van der Waals surface area contributed by atoms with Gasteiger partial charge in [-0.1, -0.05) is 33.7 Å². The quantitative estimate of drug-likeness (QED) is 0.0278. The van der Waals surface area contributed by atoms with Gasteiger partial charge in [0.2, 0.25) is 5.91 Å². The van der Waals surface area contributed by atoms with Crippen LogP contribution in [-0.4, -0.2) is 105 Å². The fraction of sp³-hybridized carbons (Fsp3) is 0.636. The molecule has 0 spiro atoms. The molecule has 0 aromatic heterocycles. The average Bonchev–Trinajstić information content (AvgIpc) is 3.30. The number of rotatable bonds is 21. The molecular weight excluding hydrogens is 727 g/mol. The van der Waals surface area contributed by atoms with Crippen molar-refractivity contribution in [2.75, 3.05) is 25.6 Å². The molecule has 1 heterocycles. The minimum atomic E-state index is -5.65. The number of hydrogen-bond acceptors (Lipinski definition) is 14. The zero-order valence-electron chi connectivity index (χ0n) is 25.3. The first-order chi connectivity index (χ1) is 21.7. The van der Waals surface area contributed by atoms with E-state index in [4.69, 9.17) is 37.2 Å². The first kappa shape index (κ1) is 42.4. The molecule has 1 aromatic carbocycles. The van der Waals surface area contributed by atoms with Crippen molar-refractivity contribution in [2.45, 2.75) is 62.5 Å². The van der Waals surface area contributed by atoms with Crippen LogP contribution in [0.15, 0.2) is 24.3 Å². The second kappa shape index (κ2) is 19.0. The Balaban J connectivity index is 1.64. The van der Waals surface area contributed by atoms with Crippen LogP contribution in [0.3, 0.4) is 0 Å². The van der Waals surface area contributed by atoms with Crippen molar-refractivity contribution in [2.24, 2.45) is 0 Å². The number of phosphoric ester groups is 1. The van der Waals surface area contributed by atoms with Crippen LogP contribution in [0, 0.1) is 0 Å².